The lowest BCUT2D eigenvalue weighted by molar-refractivity contribution is 0.270. The van der Waals surface area contributed by atoms with E-state index in [4.69, 9.17) is 25.8 Å². The molecule has 4 aromatic carbocycles. The molecule has 33 heavy (non-hydrogen) atoms. The van der Waals surface area contributed by atoms with Gasteiger partial charge in [-0.05, 0) is 72.1 Å². The van der Waals surface area contributed by atoms with E-state index in [1.165, 1.54) is 10.8 Å². The van der Waals surface area contributed by atoms with Gasteiger partial charge in [-0.25, -0.2) is 0 Å². The largest absolute Gasteiger partial charge is 0.494 e. The Kier molecular flexibility index (Phi) is 7.59. The second-order valence-electron chi connectivity index (χ2n) is 7.58. The maximum atomic E-state index is 6.64. The van der Waals surface area contributed by atoms with Crippen LogP contribution in [0.5, 0.6) is 17.2 Å². The van der Waals surface area contributed by atoms with Crippen molar-refractivity contribution in [2.45, 2.75) is 27.0 Å². The van der Waals surface area contributed by atoms with Crippen molar-refractivity contribution in [3.63, 3.8) is 0 Å². The van der Waals surface area contributed by atoms with Crippen LogP contribution in [0, 0.1) is 0 Å². The van der Waals surface area contributed by atoms with Crippen LogP contribution in [0.15, 0.2) is 78.9 Å². The highest BCUT2D eigenvalue weighted by atomic mass is 35.5. The third-order valence-corrected chi connectivity index (χ3v) is 5.56. The van der Waals surface area contributed by atoms with Gasteiger partial charge in [-0.15, -0.1) is 0 Å². The number of nitrogens with one attached hydrogen (secondary N) is 1. The van der Waals surface area contributed by atoms with Crippen LogP contribution < -0.4 is 19.5 Å². The zero-order chi connectivity index (χ0) is 23.0. The Bertz CT molecular complexity index is 1200. The molecule has 1 N–H and O–H groups in total. The van der Waals surface area contributed by atoms with Crippen molar-refractivity contribution >= 4 is 28.1 Å². The van der Waals surface area contributed by atoms with Gasteiger partial charge in [0, 0.05) is 12.2 Å². The minimum Gasteiger partial charge on any atom is -0.494 e. The van der Waals surface area contributed by atoms with Crippen LogP contribution in [-0.4, -0.2) is 13.2 Å². The number of ether oxygens (including phenoxy) is 3. The molecule has 0 amide bonds. The van der Waals surface area contributed by atoms with Crippen molar-refractivity contribution in [2.24, 2.45) is 0 Å². The summed E-state index contributed by atoms with van der Waals surface area (Å²) in [4.78, 5) is 0. The van der Waals surface area contributed by atoms with Gasteiger partial charge in [0.15, 0.2) is 11.5 Å². The van der Waals surface area contributed by atoms with Gasteiger partial charge in [-0.2, -0.15) is 0 Å². The summed E-state index contributed by atoms with van der Waals surface area (Å²) >= 11 is 6.64. The third-order valence-electron chi connectivity index (χ3n) is 5.28. The highest BCUT2D eigenvalue weighted by molar-refractivity contribution is 6.32. The number of fused-ring (bicyclic) bond motifs is 1. The lowest BCUT2D eigenvalue weighted by atomic mass is 10.1. The molecule has 0 heterocycles. The number of anilines is 1. The van der Waals surface area contributed by atoms with Crippen molar-refractivity contribution in [1.82, 2.24) is 0 Å². The van der Waals surface area contributed by atoms with Gasteiger partial charge in [0.2, 0.25) is 0 Å². The molecule has 4 rings (SSSR count). The molecule has 0 spiro atoms. The summed E-state index contributed by atoms with van der Waals surface area (Å²) in [5.74, 6) is 2.07. The fraction of sp³-hybridized carbons (Fsp3) is 0.214. The molecule has 0 aromatic heterocycles. The lowest BCUT2D eigenvalue weighted by Crippen LogP contribution is -2.04. The van der Waals surface area contributed by atoms with E-state index in [2.05, 4.69) is 29.6 Å². The summed E-state index contributed by atoms with van der Waals surface area (Å²) in [6.07, 6.45) is 0. The summed E-state index contributed by atoms with van der Waals surface area (Å²) in [7, 11) is 0. The predicted octanol–water partition coefficient (Wildman–Crippen LogP) is 7.48. The Hall–Kier alpha value is -3.37. The van der Waals surface area contributed by atoms with Crippen molar-refractivity contribution in [3.05, 3.63) is 95.0 Å². The average molecular weight is 462 g/mol. The van der Waals surface area contributed by atoms with Gasteiger partial charge >= 0.3 is 0 Å². The zero-order valence-corrected chi connectivity index (χ0v) is 19.7. The molecule has 0 bridgehead atoms. The van der Waals surface area contributed by atoms with E-state index < -0.39 is 0 Å². The lowest BCUT2D eigenvalue weighted by Gasteiger charge is -2.16. The maximum Gasteiger partial charge on any atom is 0.180 e. The molecule has 0 radical (unpaired) electrons. The van der Waals surface area contributed by atoms with Crippen molar-refractivity contribution < 1.29 is 14.2 Å². The SMILES string of the molecule is CCOc1ccc(NCc2cc(Cl)c(OCc3cccc4ccccc34)c(OCC)c2)cc1. The van der Waals surface area contributed by atoms with Gasteiger partial charge in [0.05, 0.1) is 18.2 Å². The van der Waals surface area contributed by atoms with Gasteiger partial charge < -0.3 is 19.5 Å². The van der Waals surface area contributed by atoms with Crippen LogP contribution >= 0.6 is 11.6 Å². The molecule has 0 saturated heterocycles. The fourth-order valence-corrected chi connectivity index (χ4v) is 4.02. The van der Waals surface area contributed by atoms with Crippen LogP contribution in [0.3, 0.4) is 0 Å². The summed E-state index contributed by atoms with van der Waals surface area (Å²) in [6, 6.07) is 26.3. The van der Waals surface area contributed by atoms with E-state index in [1.54, 1.807) is 0 Å². The first-order valence-electron chi connectivity index (χ1n) is 11.2. The van der Waals surface area contributed by atoms with Crippen LogP contribution in [0.4, 0.5) is 5.69 Å². The minimum absolute atomic E-state index is 0.408. The van der Waals surface area contributed by atoms with E-state index in [-0.39, 0.29) is 0 Å². The van der Waals surface area contributed by atoms with Crippen LogP contribution in [0.25, 0.3) is 10.8 Å². The number of rotatable bonds is 10. The standard InChI is InChI=1S/C28H28ClNO3/c1-3-31-24-14-12-23(13-15-24)30-18-20-16-26(29)28(27(17-20)32-4-2)33-19-22-10-7-9-21-8-5-6-11-25(21)22/h5-17,30H,3-4,18-19H2,1-2H3. The Morgan fingerprint density at radius 2 is 1.55 bits per heavy atom. The number of benzene rings is 4. The molecule has 4 nitrogen and oxygen atoms in total. The third kappa shape index (κ3) is 5.71. The van der Waals surface area contributed by atoms with E-state index in [1.807, 2.05) is 68.4 Å². The van der Waals surface area contributed by atoms with Crippen LogP contribution in [-0.2, 0) is 13.2 Å². The van der Waals surface area contributed by atoms with Gasteiger partial charge in [0.25, 0.3) is 0 Å². The highest BCUT2D eigenvalue weighted by Crippen LogP contribution is 2.38. The molecular formula is C28H28ClNO3. The van der Waals surface area contributed by atoms with Crippen LogP contribution in [0.2, 0.25) is 5.02 Å². The Morgan fingerprint density at radius 3 is 2.33 bits per heavy atom. The number of hydrogen-bond donors (Lipinski definition) is 1. The Labute approximate surface area is 200 Å². The predicted molar refractivity (Wildman–Crippen MR) is 136 cm³/mol. The highest BCUT2D eigenvalue weighted by Gasteiger charge is 2.14. The molecular weight excluding hydrogens is 434 g/mol. The molecule has 0 aliphatic carbocycles. The topological polar surface area (TPSA) is 39.7 Å². The normalized spacial score (nSPS) is 10.8. The quantitative estimate of drug-likeness (QED) is 0.265. The Morgan fingerprint density at radius 1 is 0.788 bits per heavy atom. The first-order valence-corrected chi connectivity index (χ1v) is 11.6. The molecule has 0 fully saturated rings. The van der Waals surface area contributed by atoms with E-state index in [0.29, 0.717) is 42.9 Å². The molecule has 0 aliphatic heterocycles. The molecule has 0 atom stereocenters. The molecule has 4 aromatic rings. The van der Waals surface area contributed by atoms with E-state index in [0.717, 1.165) is 22.6 Å². The van der Waals surface area contributed by atoms with Crippen LogP contribution in [0.1, 0.15) is 25.0 Å². The van der Waals surface area contributed by atoms with Gasteiger partial charge in [0.1, 0.15) is 12.4 Å². The second kappa shape index (κ2) is 11.0. The first-order chi connectivity index (χ1) is 16.2. The summed E-state index contributed by atoms with van der Waals surface area (Å²) in [5.41, 5.74) is 3.12. The summed E-state index contributed by atoms with van der Waals surface area (Å²) in [6.45, 7) is 6.12. The minimum atomic E-state index is 0.408. The summed E-state index contributed by atoms with van der Waals surface area (Å²) < 4.78 is 17.6. The smallest absolute Gasteiger partial charge is 0.180 e. The second-order valence-corrected chi connectivity index (χ2v) is 7.98. The van der Waals surface area contributed by atoms with Gasteiger partial charge in [-0.3, -0.25) is 0 Å². The van der Waals surface area contributed by atoms with Crippen molar-refractivity contribution in [2.75, 3.05) is 18.5 Å². The molecule has 5 heteroatoms. The molecule has 0 unspecified atom stereocenters. The van der Waals surface area contributed by atoms with Gasteiger partial charge in [-0.1, -0.05) is 54.1 Å². The summed E-state index contributed by atoms with van der Waals surface area (Å²) in [5, 5.41) is 6.30. The molecule has 0 saturated carbocycles. The number of halogens is 1. The monoisotopic (exact) mass is 461 g/mol. The fourth-order valence-electron chi connectivity index (χ4n) is 3.73. The average Bonchev–Trinajstić information content (AvgIpc) is 2.83. The molecule has 170 valence electrons. The van der Waals surface area contributed by atoms with Crippen molar-refractivity contribution in [3.8, 4) is 17.2 Å². The molecule has 0 aliphatic rings. The Balaban J connectivity index is 1.49. The first kappa shape index (κ1) is 22.8. The maximum absolute atomic E-state index is 6.64. The van der Waals surface area contributed by atoms with Crippen molar-refractivity contribution in [1.29, 1.82) is 0 Å². The number of hydrogen-bond acceptors (Lipinski definition) is 4. The zero-order valence-electron chi connectivity index (χ0n) is 18.9. The van der Waals surface area contributed by atoms with E-state index in [9.17, 15) is 0 Å². The van der Waals surface area contributed by atoms with E-state index >= 15 is 0 Å².